The Morgan fingerprint density at radius 1 is 1.12 bits per heavy atom. The second-order valence-corrected chi connectivity index (χ2v) is 4.93. The van der Waals surface area contributed by atoms with E-state index in [-0.39, 0.29) is 0 Å². The molecule has 0 fully saturated rings. The van der Waals surface area contributed by atoms with Crippen molar-refractivity contribution in [1.29, 1.82) is 0 Å². The first-order chi connectivity index (χ1) is 7.63. The lowest BCUT2D eigenvalue weighted by molar-refractivity contribution is 0.444. The maximum Gasteiger partial charge on any atom is 0.0291 e. The van der Waals surface area contributed by atoms with Gasteiger partial charge in [-0.1, -0.05) is 50.1 Å². The minimum absolute atomic E-state index is 0.458. The topological polar surface area (TPSA) is 12.0 Å². The second kappa shape index (κ2) is 6.70. The molecule has 0 aliphatic carbocycles. The van der Waals surface area contributed by atoms with Crippen LogP contribution in [0.5, 0.6) is 0 Å². The molecule has 0 spiro atoms. The van der Waals surface area contributed by atoms with Gasteiger partial charge in [-0.05, 0) is 38.3 Å². The predicted octanol–water partition coefficient (Wildman–Crippen LogP) is 4.08. The molecule has 90 valence electrons. The molecule has 0 saturated carbocycles. The van der Waals surface area contributed by atoms with Crippen molar-refractivity contribution in [3.63, 3.8) is 0 Å². The smallest absolute Gasteiger partial charge is 0.0291 e. The Morgan fingerprint density at radius 3 is 2.31 bits per heavy atom. The normalized spacial score (nSPS) is 14.8. The summed E-state index contributed by atoms with van der Waals surface area (Å²) in [4.78, 5) is 0. The summed E-state index contributed by atoms with van der Waals surface area (Å²) in [7, 11) is 0. The summed E-state index contributed by atoms with van der Waals surface area (Å²) in [5.74, 6) is 0.776. The van der Waals surface area contributed by atoms with Crippen LogP contribution in [0.15, 0.2) is 24.3 Å². The number of hydrogen-bond donors (Lipinski definition) is 1. The van der Waals surface area contributed by atoms with Gasteiger partial charge in [0.25, 0.3) is 0 Å². The van der Waals surface area contributed by atoms with Crippen molar-refractivity contribution in [2.24, 2.45) is 5.92 Å². The fourth-order valence-electron chi connectivity index (χ4n) is 1.95. The molecule has 1 nitrogen and oxygen atoms in total. The van der Waals surface area contributed by atoms with Gasteiger partial charge in [0.05, 0.1) is 0 Å². The van der Waals surface area contributed by atoms with Gasteiger partial charge in [-0.25, -0.2) is 0 Å². The maximum absolute atomic E-state index is 3.60. The van der Waals surface area contributed by atoms with E-state index in [0.29, 0.717) is 6.04 Å². The summed E-state index contributed by atoms with van der Waals surface area (Å²) in [5, 5.41) is 3.60. The van der Waals surface area contributed by atoms with Crippen molar-refractivity contribution < 1.29 is 0 Å². The molecular weight excluding hydrogens is 194 g/mol. The maximum atomic E-state index is 3.60. The molecule has 0 heterocycles. The molecule has 1 aromatic rings. The van der Waals surface area contributed by atoms with Crippen molar-refractivity contribution in [3.8, 4) is 0 Å². The lowest BCUT2D eigenvalue weighted by Gasteiger charge is -2.17. The SMILES string of the molecule is CCCC(C)CN[C@@H](C)c1ccc(C)cc1. The Hall–Kier alpha value is -0.820. The average molecular weight is 219 g/mol. The fraction of sp³-hybridized carbons (Fsp3) is 0.600. The molecule has 2 atom stereocenters. The predicted molar refractivity (Wildman–Crippen MR) is 71.7 cm³/mol. The molecule has 0 saturated heterocycles. The van der Waals surface area contributed by atoms with E-state index in [2.05, 4.69) is 57.3 Å². The molecule has 1 N–H and O–H groups in total. The molecule has 0 aliphatic rings. The molecule has 0 radical (unpaired) electrons. The first-order valence-corrected chi connectivity index (χ1v) is 6.43. The highest BCUT2D eigenvalue weighted by atomic mass is 14.9. The van der Waals surface area contributed by atoms with Gasteiger partial charge in [-0.15, -0.1) is 0 Å². The standard InChI is InChI=1S/C15H25N/c1-5-6-13(3)11-16-14(4)15-9-7-12(2)8-10-15/h7-10,13-14,16H,5-6,11H2,1-4H3/t13?,14-/m0/s1. The minimum Gasteiger partial charge on any atom is -0.310 e. The Morgan fingerprint density at radius 2 is 1.75 bits per heavy atom. The van der Waals surface area contributed by atoms with Crippen molar-refractivity contribution in [2.45, 2.75) is 46.6 Å². The van der Waals surface area contributed by atoms with E-state index < -0.39 is 0 Å². The Labute approximate surface area is 100 Å². The Bertz CT molecular complexity index is 289. The lowest BCUT2D eigenvalue weighted by Crippen LogP contribution is -2.24. The van der Waals surface area contributed by atoms with Gasteiger partial charge in [-0.2, -0.15) is 0 Å². The third kappa shape index (κ3) is 4.36. The van der Waals surface area contributed by atoms with Crippen LogP contribution in [0.1, 0.15) is 50.8 Å². The highest BCUT2D eigenvalue weighted by molar-refractivity contribution is 5.23. The van der Waals surface area contributed by atoms with Crippen LogP contribution in [-0.2, 0) is 0 Å². The molecule has 0 aromatic heterocycles. The average Bonchev–Trinajstić information content (AvgIpc) is 2.27. The van der Waals surface area contributed by atoms with Crippen molar-refractivity contribution in [1.82, 2.24) is 5.32 Å². The van der Waals surface area contributed by atoms with Gasteiger partial charge >= 0.3 is 0 Å². The van der Waals surface area contributed by atoms with Gasteiger partial charge in [0.2, 0.25) is 0 Å². The third-order valence-electron chi connectivity index (χ3n) is 3.13. The highest BCUT2D eigenvalue weighted by Crippen LogP contribution is 2.14. The molecule has 1 heteroatoms. The van der Waals surface area contributed by atoms with Gasteiger partial charge in [0.15, 0.2) is 0 Å². The monoisotopic (exact) mass is 219 g/mol. The summed E-state index contributed by atoms with van der Waals surface area (Å²) in [6.07, 6.45) is 2.59. The number of aryl methyl sites for hydroxylation is 1. The first kappa shape index (κ1) is 13.2. The summed E-state index contributed by atoms with van der Waals surface area (Å²) in [5.41, 5.74) is 2.71. The molecular formula is C15H25N. The largest absolute Gasteiger partial charge is 0.310 e. The summed E-state index contributed by atoms with van der Waals surface area (Å²) in [6.45, 7) is 10.1. The van der Waals surface area contributed by atoms with Gasteiger partial charge in [0.1, 0.15) is 0 Å². The molecule has 16 heavy (non-hydrogen) atoms. The quantitative estimate of drug-likeness (QED) is 0.760. The van der Waals surface area contributed by atoms with Crippen LogP contribution >= 0.6 is 0 Å². The van der Waals surface area contributed by atoms with E-state index in [9.17, 15) is 0 Å². The molecule has 1 rings (SSSR count). The fourth-order valence-corrected chi connectivity index (χ4v) is 1.95. The van der Waals surface area contributed by atoms with Crippen LogP contribution in [0.2, 0.25) is 0 Å². The molecule has 0 bridgehead atoms. The van der Waals surface area contributed by atoms with Gasteiger partial charge in [-0.3, -0.25) is 0 Å². The van der Waals surface area contributed by atoms with Gasteiger partial charge in [0, 0.05) is 6.04 Å². The second-order valence-electron chi connectivity index (χ2n) is 4.93. The molecule has 0 aliphatic heterocycles. The van der Waals surface area contributed by atoms with Crippen LogP contribution in [0.3, 0.4) is 0 Å². The van der Waals surface area contributed by atoms with E-state index in [1.165, 1.54) is 24.0 Å². The molecule has 0 amide bonds. The van der Waals surface area contributed by atoms with E-state index in [4.69, 9.17) is 0 Å². The zero-order valence-electron chi connectivity index (χ0n) is 11.1. The number of benzene rings is 1. The molecule has 1 aromatic carbocycles. The third-order valence-corrected chi connectivity index (χ3v) is 3.13. The Kier molecular flexibility index (Phi) is 5.54. The van der Waals surface area contributed by atoms with E-state index in [1.807, 2.05) is 0 Å². The van der Waals surface area contributed by atoms with Crippen LogP contribution in [-0.4, -0.2) is 6.54 Å². The van der Waals surface area contributed by atoms with Crippen molar-refractivity contribution in [3.05, 3.63) is 35.4 Å². The number of hydrogen-bond acceptors (Lipinski definition) is 1. The lowest BCUT2D eigenvalue weighted by atomic mass is 10.0. The van der Waals surface area contributed by atoms with Crippen LogP contribution in [0, 0.1) is 12.8 Å². The summed E-state index contributed by atoms with van der Waals surface area (Å²) < 4.78 is 0. The number of nitrogens with one attached hydrogen (secondary N) is 1. The van der Waals surface area contributed by atoms with Crippen LogP contribution < -0.4 is 5.32 Å². The van der Waals surface area contributed by atoms with E-state index in [1.54, 1.807) is 0 Å². The molecule has 1 unspecified atom stereocenters. The van der Waals surface area contributed by atoms with Crippen molar-refractivity contribution in [2.75, 3.05) is 6.54 Å². The van der Waals surface area contributed by atoms with E-state index >= 15 is 0 Å². The highest BCUT2D eigenvalue weighted by Gasteiger charge is 2.06. The van der Waals surface area contributed by atoms with Crippen LogP contribution in [0.4, 0.5) is 0 Å². The Balaban J connectivity index is 2.40. The number of rotatable bonds is 6. The van der Waals surface area contributed by atoms with Crippen LogP contribution in [0.25, 0.3) is 0 Å². The van der Waals surface area contributed by atoms with E-state index in [0.717, 1.165) is 12.5 Å². The van der Waals surface area contributed by atoms with Crippen molar-refractivity contribution >= 4 is 0 Å². The zero-order valence-corrected chi connectivity index (χ0v) is 11.1. The summed E-state index contributed by atoms with van der Waals surface area (Å²) in [6, 6.07) is 9.26. The first-order valence-electron chi connectivity index (χ1n) is 6.43. The zero-order chi connectivity index (χ0) is 12.0. The van der Waals surface area contributed by atoms with Gasteiger partial charge < -0.3 is 5.32 Å². The summed E-state index contributed by atoms with van der Waals surface area (Å²) >= 11 is 0. The minimum atomic E-state index is 0.458.